The number of ether oxygens (including phenoxy) is 2. The highest BCUT2D eigenvalue weighted by molar-refractivity contribution is 5.97. The molecule has 5 fully saturated rings. The van der Waals surface area contributed by atoms with E-state index >= 15 is 0 Å². The highest BCUT2D eigenvalue weighted by Gasteiger charge is 2.69. The molecule has 4 aliphatic carbocycles. The summed E-state index contributed by atoms with van der Waals surface area (Å²) < 4.78 is 10.5. The Morgan fingerprint density at radius 2 is 1.53 bits per heavy atom. The minimum atomic E-state index is -0.372. The molecule has 0 aromatic carbocycles. The van der Waals surface area contributed by atoms with Gasteiger partial charge in [-0.1, -0.05) is 47.0 Å². The molecule has 36 heavy (non-hydrogen) atoms. The summed E-state index contributed by atoms with van der Waals surface area (Å²) >= 11 is 0. The van der Waals surface area contributed by atoms with Crippen molar-refractivity contribution in [1.82, 2.24) is 0 Å². The lowest BCUT2D eigenvalue weighted by Gasteiger charge is -2.34. The third-order valence-electron chi connectivity index (χ3n) is 10.4. The molecule has 204 valence electrons. The van der Waals surface area contributed by atoms with E-state index in [2.05, 4.69) is 34.6 Å². The Labute approximate surface area is 218 Å². The minimum absolute atomic E-state index is 0.00722. The Kier molecular flexibility index (Phi) is 7.72. The van der Waals surface area contributed by atoms with Gasteiger partial charge in [0.05, 0.1) is 17.3 Å². The zero-order chi connectivity index (χ0) is 26.6. The van der Waals surface area contributed by atoms with Crippen LogP contribution in [-0.2, 0) is 23.9 Å². The molecule has 5 rings (SSSR count). The number of fused-ring (bicyclic) bond motifs is 8. The fourth-order valence-electron chi connectivity index (χ4n) is 9.47. The highest BCUT2D eigenvalue weighted by atomic mass is 16.6. The van der Waals surface area contributed by atoms with Crippen LogP contribution < -0.4 is 0 Å². The van der Waals surface area contributed by atoms with Gasteiger partial charge in [-0.15, -0.1) is 0 Å². The van der Waals surface area contributed by atoms with Gasteiger partial charge in [0.2, 0.25) is 0 Å². The maximum Gasteiger partial charge on any atom is 0.317 e. The van der Waals surface area contributed by atoms with Crippen molar-refractivity contribution in [3.05, 3.63) is 0 Å². The number of hydrogen-bond acceptors (Lipinski definition) is 5. The van der Waals surface area contributed by atoms with Crippen LogP contribution in [0.15, 0.2) is 0 Å². The van der Waals surface area contributed by atoms with Gasteiger partial charge in [0.1, 0.15) is 5.60 Å². The van der Waals surface area contributed by atoms with Crippen molar-refractivity contribution in [2.75, 3.05) is 0 Å². The van der Waals surface area contributed by atoms with Crippen molar-refractivity contribution in [3.8, 4) is 0 Å². The van der Waals surface area contributed by atoms with Gasteiger partial charge in [0, 0.05) is 0 Å². The first-order valence-corrected chi connectivity index (χ1v) is 14.8. The third-order valence-corrected chi connectivity index (χ3v) is 10.4. The van der Waals surface area contributed by atoms with Crippen molar-refractivity contribution in [1.29, 1.82) is 0 Å². The number of rotatable bonds is 5. The Balaban J connectivity index is 0.000000171. The SMILES string of the molecule is CCCC1CC(C)C2C3CC(C4C(=O)OC(=O)C34)C12.CCCC1CC(C)CC1(C)C(=O)OC(C)(C)C. The molecule has 2 bridgehead atoms. The fraction of sp³-hybridized carbons (Fsp3) is 0.903. The average Bonchev–Trinajstić information content (AvgIpc) is 3.53. The molecule has 5 aliphatic rings. The molecular weight excluding hydrogens is 452 g/mol. The first-order valence-electron chi connectivity index (χ1n) is 14.8. The van der Waals surface area contributed by atoms with E-state index < -0.39 is 0 Å². The maximum atomic E-state index is 12.4. The van der Waals surface area contributed by atoms with E-state index in [-0.39, 0.29) is 40.8 Å². The largest absolute Gasteiger partial charge is 0.460 e. The summed E-state index contributed by atoms with van der Waals surface area (Å²) in [4.78, 5) is 36.3. The summed E-state index contributed by atoms with van der Waals surface area (Å²) in [6, 6.07) is 0. The summed E-state index contributed by atoms with van der Waals surface area (Å²) in [6.07, 6.45) is 9.37. The molecule has 0 radical (unpaired) electrons. The zero-order valence-corrected chi connectivity index (χ0v) is 24.0. The molecule has 5 heteroatoms. The van der Waals surface area contributed by atoms with E-state index in [0.29, 0.717) is 35.5 Å². The fourth-order valence-corrected chi connectivity index (χ4v) is 9.47. The van der Waals surface area contributed by atoms with Crippen LogP contribution in [0, 0.1) is 64.6 Å². The topological polar surface area (TPSA) is 69.7 Å². The van der Waals surface area contributed by atoms with E-state index in [0.717, 1.165) is 37.5 Å². The van der Waals surface area contributed by atoms with Crippen molar-refractivity contribution >= 4 is 17.9 Å². The van der Waals surface area contributed by atoms with Crippen LogP contribution in [0.5, 0.6) is 0 Å². The second-order valence-corrected chi connectivity index (χ2v) is 14.2. The van der Waals surface area contributed by atoms with Crippen molar-refractivity contribution in [2.45, 2.75) is 112 Å². The second-order valence-electron chi connectivity index (χ2n) is 14.2. The van der Waals surface area contributed by atoms with E-state index in [1.165, 1.54) is 25.7 Å². The molecule has 5 nitrogen and oxygen atoms in total. The van der Waals surface area contributed by atoms with Gasteiger partial charge in [-0.2, -0.15) is 0 Å². The molecule has 0 amide bonds. The van der Waals surface area contributed by atoms with Crippen LogP contribution >= 0.6 is 0 Å². The summed E-state index contributed by atoms with van der Waals surface area (Å²) in [6.45, 7) is 17.0. The van der Waals surface area contributed by atoms with Crippen LogP contribution in [0.2, 0.25) is 0 Å². The van der Waals surface area contributed by atoms with Crippen LogP contribution in [0.25, 0.3) is 0 Å². The predicted octanol–water partition coefficient (Wildman–Crippen LogP) is 6.82. The van der Waals surface area contributed by atoms with Crippen LogP contribution in [0.1, 0.15) is 107 Å². The summed E-state index contributed by atoms with van der Waals surface area (Å²) in [5, 5.41) is 0. The first kappa shape index (κ1) is 27.6. The van der Waals surface area contributed by atoms with Gasteiger partial charge >= 0.3 is 17.9 Å². The Bertz CT molecular complexity index is 858. The van der Waals surface area contributed by atoms with Crippen LogP contribution in [0.3, 0.4) is 0 Å². The van der Waals surface area contributed by atoms with Crippen molar-refractivity contribution < 1.29 is 23.9 Å². The minimum Gasteiger partial charge on any atom is -0.460 e. The van der Waals surface area contributed by atoms with Crippen molar-refractivity contribution in [2.24, 2.45) is 64.6 Å². The number of carbonyl (C=O) groups is 3. The predicted molar refractivity (Wildman–Crippen MR) is 140 cm³/mol. The van der Waals surface area contributed by atoms with Gasteiger partial charge in [-0.3, -0.25) is 14.4 Å². The number of hydrogen-bond donors (Lipinski definition) is 0. The molecule has 0 spiro atoms. The summed E-state index contributed by atoms with van der Waals surface area (Å²) in [7, 11) is 0. The lowest BCUT2D eigenvalue weighted by atomic mass is 9.67. The number of esters is 3. The lowest BCUT2D eigenvalue weighted by molar-refractivity contribution is -0.169. The van der Waals surface area contributed by atoms with Crippen LogP contribution in [-0.4, -0.2) is 23.5 Å². The Morgan fingerprint density at radius 1 is 0.944 bits per heavy atom. The van der Waals surface area contributed by atoms with Gasteiger partial charge in [-0.05, 0) is 107 Å². The lowest BCUT2D eigenvalue weighted by Crippen LogP contribution is -2.38. The van der Waals surface area contributed by atoms with E-state index in [4.69, 9.17) is 9.47 Å². The third kappa shape index (κ3) is 4.77. The first-order chi connectivity index (χ1) is 16.8. The number of cyclic esters (lactones) is 2. The van der Waals surface area contributed by atoms with Gasteiger partial charge in [-0.25, -0.2) is 0 Å². The van der Waals surface area contributed by atoms with Crippen molar-refractivity contribution in [3.63, 3.8) is 0 Å². The van der Waals surface area contributed by atoms with Gasteiger partial charge in [0.15, 0.2) is 0 Å². The van der Waals surface area contributed by atoms with E-state index in [1.54, 1.807) is 0 Å². The average molecular weight is 503 g/mol. The van der Waals surface area contributed by atoms with Crippen LogP contribution in [0.4, 0.5) is 0 Å². The Hall–Kier alpha value is -1.39. The van der Waals surface area contributed by atoms with E-state index in [1.807, 2.05) is 20.8 Å². The Morgan fingerprint density at radius 3 is 2.08 bits per heavy atom. The maximum absolute atomic E-state index is 12.4. The van der Waals surface area contributed by atoms with E-state index in [9.17, 15) is 14.4 Å². The monoisotopic (exact) mass is 502 g/mol. The molecule has 0 aromatic heterocycles. The zero-order valence-electron chi connectivity index (χ0n) is 24.0. The standard InChI is InChI=1S/C16H22O3.C15H28O2/c1-3-4-8-5-7(2)11-9-6-10(12(8)11)14-13(9)15(17)19-16(14)18;1-7-8-12-9-11(2)10-15(12,6)13(16)17-14(3,4)5/h7-14H,3-6H2,1-2H3;11-12H,7-10H2,1-6H3. The van der Waals surface area contributed by atoms with Gasteiger partial charge < -0.3 is 9.47 Å². The molecule has 11 unspecified atom stereocenters. The van der Waals surface area contributed by atoms with Gasteiger partial charge in [0.25, 0.3) is 0 Å². The summed E-state index contributed by atoms with van der Waals surface area (Å²) in [5.41, 5.74) is -0.634. The highest BCUT2D eigenvalue weighted by Crippen LogP contribution is 2.68. The molecule has 1 aliphatic heterocycles. The smallest absolute Gasteiger partial charge is 0.317 e. The molecular formula is C31H50O5. The molecule has 1 heterocycles. The molecule has 4 saturated carbocycles. The molecule has 1 saturated heterocycles. The molecule has 0 N–H and O–H groups in total. The normalized spacial score (nSPS) is 44.7. The quantitative estimate of drug-likeness (QED) is 0.305. The summed E-state index contributed by atoms with van der Waals surface area (Å²) in [5.74, 6) is 4.32. The molecule has 11 atom stereocenters. The second kappa shape index (κ2) is 10.1. The molecule has 0 aromatic rings. The number of carbonyl (C=O) groups excluding carboxylic acids is 3.